The molecule has 4 heteroatoms. The van der Waals surface area contributed by atoms with E-state index >= 15 is 0 Å². The molecule has 0 atom stereocenters. The van der Waals surface area contributed by atoms with Crippen LogP contribution in [-0.2, 0) is 6.42 Å². The Morgan fingerprint density at radius 1 is 1.24 bits per heavy atom. The van der Waals surface area contributed by atoms with Gasteiger partial charge in [-0.25, -0.2) is 9.97 Å². The zero-order valence-electron chi connectivity index (χ0n) is 13.6. The minimum absolute atomic E-state index is 0.613. The van der Waals surface area contributed by atoms with E-state index in [1.54, 1.807) is 0 Å². The van der Waals surface area contributed by atoms with Gasteiger partial charge in [0.2, 0.25) is 0 Å². The zero-order valence-corrected chi connectivity index (χ0v) is 15.2. The molecule has 0 spiro atoms. The van der Waals surface area contributed by atoms with E-state index < -0.39 is 0 Å². The smallest absolute Gasteiger partial charge is 0.144 e. The van der Waals surface area contributed by atoms with E-state index in [0.717, 1.165) is 41.9 Å². The molecule has 0 saturated heterocycles. The summed E-state index contributed by atoms with van der Waals surface area (Å²) in [7, 11) is 0. The lowest BCUT2D eigenvalue weighted by Gasteiger charge is -2.16. The van der Waals surface area contributed by atoms with Crippen LogP contribution < -0.4 is 5.32 Å². The first-order valence-electron chi connectivity index (χ1n) is 8.42. The van der Waals surface area contributed by atoms with Crippen LogP contribution in [0.4, 0.5) is 5.82 Å². The van der Waals surface area contributed by atoms with E-state index in [-0.39, 0.29) is 0 Å². The van der Waals surface area contributed by atoms with E-state index in [1.807, 2.05) is 0 Å². The number of rotatable bonds is 7. The van der Waals surface area contributed by atoms with E-state index in [2.05, 4.69) is 42.0 Å². The summed E-state index contributed by atoms with van der Waals surface area (Å²) in [4.78, 5) is 9.64. The van der Waals surface area contributed by atoms with Gasteiger partial charge in [-0.3, -0.25) is 0 Å². The lowest BCUT2D eigenvalue weighted by Crippen LogP contribution is -2.11. The Bertz CT molecular complexity index is 454. The highest BCUT2D eigenvalue weighted by molar-refractivity contribution is 9.10. The van der Waals surface area contributed by atoms with E-state index in [4.69, 9.17) is 9.97 Å². The predicted octanol–water partition coefficient (Wildman–Crippen LogP) is 5.31. The van der Waals surface area contributed by atoms with Crippen molar-refractivity contribution in [2.75, 3.05) is 11.9 Å². The summed E-state index contributed by atoms with van der Waals surface area (Å²) in [5.41, 5.74) is 1.24. The summed E-state index contributed by atoms with van der Waals surface area (Å²) in [6.45, 7) is 7.66. The molecule has 0 unspecified atom stereocenters. The third-order valence-electron chi connectivity index (χ3n) is 4.15. The number of aryl methyl sites for hydroxylation is 1. The lowest BCUT2D eigenvalue weighted by molar-refractivity contribution is 0.570. The zero-order chi connectivity index (χ0) is 15.2. The molecule has 0 bridgehead atoms. The molecule has 2 rings (SSSR count). The Labute approximate surface area is 137 Å². The van der Waals surface area contributed by atoms with Gasteiger partial charge in [0.05, 0.1) is 10.2 Å². The number of anilines is 1. The highest BCUT2D eigenvalue weighted by Crippen LogP contribution is 2.38. The monoisotopic (exact) mass is 353 g/mol. The Morgan fingerprint density at radius 2 is 1.95 bits per heavy atom. The lowest BCUT2D eigenvalue weighted by atomic mass is 10.0. The fraction of sp³-hybridized carbons (Fsp3) is 0.765. The summed E-state index contributed by atoms with van der Waals surface area (Å²) in [5, 5.41) is 3.46. The van der Waals surface area contributed by atoms with E-state index in [0.29, 0.717) is 11.8 Å². The number of hydrogen-bond donors (Lipinski definition) is 1. The maximum atomic E-state index is 4.90. The van der Waals surface area contributed by atoms with Crippen molar-refractivity contribution in [3.8, 4) is 0 Å². The minimum Gasteiger partial charge on any atom is -0.369 e. The van der Waals surface area contributed by atoms with Crippen LogP contribution in [0.3, 0.4) is 0 Å². The fourth-order valence-electron chi connectivity index (χ4n) is 2.87. The SMILES string of the molecule is CCCNc1nc(CCC(C)C)nc(C2CCCC2)c1Br. The Morgan fingerprint density at radius 3 is 2.57 bits per heavy atom. The summed E-state index contributed by atoms with van der Waals surface area (Å²) < 4.78 is 1.09. The van der Waals surface area contributed by atoms with Crippen LogP contribution in [0.2, 0.25) is 0 Å². The second kappa shape index (κ2) is 8.11. The normalized spacial score (nSPS) is 15.9. The second-order valence-corrected chi connectivity index (χ2v) is 7.32. The average molecular weight is 354 g/mol. The Hall–Kier alpha value is -0.640. The number of nitrogens with one attached hydrogen (secondary N) is 1. The largest absolute Gasteiger partial charge is 0.369 e. The van der Waals surface area contributed by atoms with Gasteiger partial charge >= 0.3 is 0 Å². The average Bonchev–Trinajstić information content (AvgIpc) is 2.98. The second-order valence-electron chi connectivity index (χ2n) is 6.53. The quantitative estimate of drug-likeness (QED) is 0.721. The van der Waals surface area contributed by atoms with Crippen molar-refractivity contribution < 1.29 is 0 Å². The van der Waals surface area contributed by atoms with Crippen molar-refractivity contribution in [1.82, 2.24) is 9.97 Å². The first-order chi connectivity index (χ1) is 10.1. The van der Waals surface area contributed by atoms with Gasteiger partial charge in [0, 0.05) is 18.9 Å². The molecule has 0 amide bonds. The number of aromatic nitrogens is 2. The maximum absolute atomic E-state index is 4.90. The molecule has 21 heavy (non-hydrogen) atoms. The van der Waals surface area contributed by atoms with Gasteiger partial charge in [-0.05, 0) is 47.5 Å². The Kier molecular flexibility index (Phi) is 6.46. The van der Waals surface area contributed by atoms with Crippen LogP contribution in [0.25, 0.3) is 0 Å². The van der Waals surface area contributed by atoms with Crippen molar-refractivity contribution in [3.05, 3.63) is 16.0 Å². The summed E-state index contributed by atoms with van der Waals surface area (Å²) in [5.74, 6) is 3.31. The summed E-state index contributed by atoms with van der Waals surface area (Å²) in [6.07, 6.45) is 8.44. The maximum Gasteiger partial charge on any atom is 0.144 e. The van der Waals surface area contributed by atoms with Gasteiger partial charge < -0.3 is 5.32 Å². The molecule has 1 aliphatic carbocycles. The highest BCUT2D eigenvalue weighted by atomic mass is 79.9. The first kappa shape index (κ1) is 16.7. The van der Waals surface area contributed by atoms with Crippen LogP contribution in [0.15, 0.2) is 4.47 Å². The standard InChI is InChI=1S/C17H28BrN3/c1-4-11-19-17-15(18)16(13-7-5-6-8-13)20-14(21-17)10-9-12(2)3/h12-13H,4-11H2,1-3H3,(H,19,20,21). The number of hydrogen-bond acceptors (Lipinski definition) is 3. The molecule has 1 fully saturated rings. The molecule has 1 heterocycles. The van der Waals surface area contributed by atoms with Crippen LogP contribution >= 0.6 is 15.9 Å². The van der Waals surface area contributed by atoms with Crippen LogP contribution in [0.1, 0.15) is 76.7 Å². The van der Waals surface area contributed by atoms with E-state index in [1.165, 1.54) is 31.4 Å². The molecule has 1 aromatic heterocycles. The highest BCUT2D eigenvalue weighted by Gasteiger charge is 2.23. The minimum atomic E-state index is 0.613. The molecular formula is C17H28BrN3. The van der Waals surface area contributed by atoms with Crippen molar-refractivity contribution in [2.45, 2.75) is 71.6 Å². The predicted molar refractivity (Wildman–Crippen MR) is 92.9 cm³/mol. The van der Waals surface area contributed by atoms with Gasteiger partial charge in [0.1, 0.15) is 11.6 Å². The molecule has 0 radical (unpaired) electrons. The van der Waals surface area contributed by atoms with Gasteiger partial charge in [-0.2, -0.15) is 0 Å². The van der Waals surface area contributed by atoms with Crippen molar-refractivity contribution in [3.63, 3.8) is 0 Å². The van der Waals surface area contributed by atoms with Gasteiger partial charge in [0.25, 0.3) is 0 Å². The van der Waals surface area contributed by atoms with Crippen LogP contribution in [0, 0.1) is 5.92 Å². The molecule has 0 aliphatic heterocycles. The van der Waals surface area contributed by atoms with Crippen molar-refractivity contribution in [1.29, 1.82) is 0 Å². The summed E-state index contributed by atoms with van der Waals surface area (Å²) in [6, 6.07) is 0. The molecule has 1 aliphatic rings. The molecule has 1 saturated carbocycles. The molecule has 3 nitrogen and oxygen atoms in total. The van der Waals surface area contributed by atoms with Crippen LogP contribution in [0.5, 0.6) is 0 Å². The molecule has 1 aromatic rings. The number of nitrogens with zero attached hydrogens (tertiary/aromatic N) is 2. The molecule has 118 valence electrons. The van der Waals surface area contributed by atoms with Crippen LogP contribution in [-0.4, -0.2) is 16.5 Å². The molecule has 0 aromatic carbocycles. The summed E-state index contributed by atoms with van der Waals surface area (Å²) >= 11 is 3.75. The first-order valence-corrected chi connectivity index (χ1v) is 9.21. The number of halogens is 1. The van der Waals surface area contributed by atoms with Crippen molar-refractivity contribution in [2.24, 2.45) is 5.92 Å². The fourth-order valence-corrected chi connectivity index (χ4v) is 3.51. The molecular weight excluding hydrogens is 326 g/mol. The Balaban J connectivity index is 2.25. The third-order valence-corrected chi connectivity index (χ3v) is 4.93. The topological polar surface area (TPSA) is 37.8 Å². The van der Waals surface area contributed by atoms with Gasteiger partial charge in [-0.1, -0.05) is 33.6 Å². The third kappa shape index (κ3) is 4.67. The van der Waals surface area contributed by atoms with Gasteiger partial charge in [-0.15, -0.1) is 0 Å². The molecule has 1 N–H and O–H groups in total. The van der Waals surface area contributed by atoms with E-state index in [9.17, 15) is 0 Å². The van der Waals surface area contributed by atoms with Crippen molar-refractivity contribution >= 4 is 21.7 Å². The van der Waals surface area contributed by atoms with Gasteiger partial charge in [0.15, 0.2) is 0 Å².